The molecule has 1 aromatic heterocycles. The fourth-order valence-corrected chi connectivity index (χ4v) is 5.03. The molecular weight excluding hydrogens is 488 g/mol. The molecule has 0 unspecified atom stereocenters. The third kappa shape index (κ3) is 8.28. The van der Waals surface area contributed by atoms with E-state index in [4.69, 9.17) is 19.2 Å². The Morgan fingerprint density at radius 1 is 0.974 bits per heavy atom. The van der Waals surface area contributed by atoms with E-state index in [1.165, 1.54) is 0 Å². The van der Waals surface area contributed by atoms with Crippen molar-refractivity contribution >= 4 is 11.7 Å². The van der Waals surface area contributed by atoms with Crippen LogP contribution in [0.4, 0.5) is 5.69 Å². The zero-order chi connectivity index (χ0) is 29.2. The average molecular weight is 539 g/mol. The quantitative estimate of drug-likeness (QED) is 0.321. The van der Waals surface area contributed by atoms with Crippen LogP contribution in [0.1, 0.15) is 104 Å². The lowest BCUT2D eigenvalue weighted by molar-refractivity contribution is -0.166. The Morgan fingerprint density at radius 3 is 2.08 bits per heavy atom. The normalized spacial score (nSPS) is 16.7. The second-order valence-corrected chi connectivity index (χ2v) is 13.5. The van der Waals surface area contributed by atoms with E-state index < -0.39 is 11.7 Å². The van der Waals surface area contributed by atoms with Crippen molar-refractivity contribution in [1.82, 2.24) is 4.98 Å². The number of aromatic nitrogens is 1. The van der Waals surface area contributed by atoms with Crippen molar-refractivity contribution in [3.63, 3.8) is 0 Å². The highest BCUT2D eigenvalue weighted by molar-refractivity contribution is 5.88. The van der Waals surface area contributed by atoms with Gasteiger partial charge in [0.15, 0.2) is 6.10 Å². The predicted octanol–water partition coefficient (Wildman–Crippen LogP) is 7.73. The van der Waals surface area contributed by atoms with Crippen LogP contribution in [0.2, 0.25) is 0 Å². The molecule has 0 saturated carbocycles. The van der Waals surface area contributed by atoms with Gasteiger partial charge in [-0.05, 0) is 91.7 Å². The highest BCUT2D eigenvalue weighted by atomic mass is 16.6. The Labute approximate surface area is 236 Å². The van der Waals surface area contributed by atoms with Gasteiger partial charge in [0, 0.05) is 35.6 Å². The Bertz CT molecular complexity index is 1130. The maximum Gasteiger partial charge on any atom is 0.340 e. The molecule has 0 aliphatic carbocycles. The fourth-order valence-electron chi connectivity index (χ4n) is 5.03. The minimum absolute atomic E-state index is 0.199. The lowest BCUT2D eigenvalue weighted by Gasteiger charge is -2.41. The molecule has 1 fully saturated rings. The molecule has 1 aliphatic heterocycles. The van der Waals surface area contributed by atoms with Gasteiger partial charge in [0.05, 0.1) is 30.1 Å². The first-order chi connectivity index (χ1) is 18.0. The third-order valence-electron chi connectivity index (χ3n) is 7.16. The number of pyridine rings is 1. The molecule has 0 amide bonds. The van der Waals surface area contributed by atoms with E-state index in [0.717, 1.165) is 65.3 Å². The lowest BCUT2D eigenvalue weighted by Crippen LogP contribution is -2.39. The van der Waals surface area contributed by atoms with Gasteiger partial charge in [-0.1, -0.05) is 38.1 Å². The molecule has 3 rings (SSSR count). The number of carbonyl (C=O) groups excluding carboxylic acids is 1. The van der Waals surface area contributed by atoms with Gasteiger partial charge in [0.1, 0.15) is 0 Å². The largest absolute Gasteiger partial charge is 0.464 e. The number of aryl methyl sites for hydroxylation is 2. The summed E-state index contributed by atoms with van der Waals surface area (Å²) in [6.45, 7) is 25.3. The summed E-state index contributed by atoms with van der Waals surface area (Å²) in [5.74, 6) is -0.375. The molecular formula is C33H50N2O4. The zero-order valence-corrected chi connectivity index (χ0v) is 26.2. The van der Waals surface area contributed by atoms with Crippen molar-refractivity contribution in [2.75, 3.05) is 24.6 Å². The van der Waals surface area contributed by atoms with Crippen molar-refractivity contribution in [1.29, 1.82) is 0 Å². The minimum atomic E-state index is -0.874. The Hall–Kier alpha value is -2.44. The summed E-state index contributed by atoms with van der Waals surface area (Å²) < 4.78 is 18.0. The van der Waals surface area contributed by atoms with Gasteiger partial charge in [-0.3, -0.25) is 4.98 Å². The molecule has 0 N–H and O–H groups in total. The average Bonchev–Trinajstić information content (AvgIpc) is 2.81. The zero-order valence-electron chi connectivity index (χ0n) is 26.2. The minimum Gasteiger partial charge on any atom is -0.464 e. The molecule has 0 spiro atoms. The Kier molecular flexibility index (Phi) is 9.55. The molecule has 216 valence electrons. The van der Waals surface area contributed by atoms with Gasteiger partial charge in [0.2, 0.25) is 0 Å². The van der Waals surface area contributed by atoms with Gasteiger partial charge in [-0.25, -0.2) is 4.79 Å². The Balaban J connectivity index is 2.21. The maximum absolute atomic E-state index is 13.4. The van der Waals surface area contributed by atoms with E-state index in [1.54, 1.807) is 0 Å². The number of carbonyl (C=O) groups is 1. The monoisotopic (exact) mass is 538 g/mol. The van der Waals surface area contributed by atoms with Gasteiger partial charge >= 0.3 is 5.97 Å². The number of anilines is 1. The third-order valence-corrected chi connectivity index (χ3v) is 7.16. The van der Waals surface area contributed by atoms with Crippen LogP contribution in [0, 0.1) is 19.3 Å². The van der Waals surface area contributed by atoms with Gasteiger partial charge in [0.25, 0.3) is 0 Å². The number of hydrogen-bond donors (Lipinski definition) is 0. The molecule has 1 aromatic carbocycles. The second-order valence-electron chi connectivity index (χ2n) is 13.5. The van der Waals surface area contributed by atoms with E-state index in [-0.39, 0.29) is 17.0 Å². The van der Waals surface area contributed by atoms with Gasteiger partial charge in [-0.2, -0.15) is 0 Å². The number of nitrogens with zero attached hydrogens (tertiary/aromatic N) is 2. The summed E-state index contributed by atoms with van der Waals surface area (Å²) in [5.41, 5.74) is 6.35. The summed E-state index contributed by atoms with van der Waals surface area (Å²) >= 11 is 0. The van der Waals surface area contributed by atoms with E-state index in [2.05, 4.69) is 70.7 Å². The number of rotatable bonds is 8. The van der Waals surface area contributed by atoms with Crippen LogP contribution >= 0.6 is 0 Å². The van der Waals surface area contributed by atoms with E-state index >= 15 is 0 Å². The van der Waals surface area contributed by atoms with Crippen LogP contribution in [0.25, 0.3) is 11.1 Å². The van der Waals surface area contributed by atoms with Crippen molar-refractivity contribution in [2.24, 2.45) is 5.41 Å². The van der Waals surface area contributed by atoms with Crippen LogP contribution in [0.5, 0.6) is 0 Å². The topological polar surface area (TPSA) is 60.9 Å². The van der Waals surface area contributed by atoms with Crippen molar-refractivity contribution in [2.45, 2.75) is 113 Å². The maximum atomic E-state index is 13.4. The number of benzene rings is 1. The molecule has 6 nitrogen and oxygen atoms in total. The standard InChI is InChI=1S/C33H50N2O4/c1-12-37-30(36)29(39-32(7,8)9)27-23(3)34-22(2)26(28(27)35-19-17-33(10,11)18-20-35)25-15-13-24(14-16-25)21-38-31(4,5)6/h13-16,29H,12,17-21H2,1-11H3/t29-/m0/s1. The van der Waals surface area contributed by atoms with Crippen LogP contribution in [0.3, 0.4) is 0 Å². The first kappa shape index (κ1) is 31.1. The first-order valence-corrected chi connectivity index (χ1v) is 14.3. The predicted molar refractivity (Wildman–Crippen MR) is 159 cm³/mol. The lowest BCUT2D eigenvalue weighted by atomic mass is 9.81. The fraction of sp³-hybridized carbons (Fsp3) is 0.636. The Morgan fingerprint density at radius 2 is 1.56 bits per heavy atom. The molecule has 39 heavy (non-hydrogen) atoms. The molecule has 6 heteroatoms. The summed E-state index contributed by atoms with van der Waals surface area (Å²) in [4.78, 5) is 20.9. The van der Waals surface area contributed by atoms with E-state index in [0.29, 0.717) is 13.2 Å². The van der Waals surface area contributed by atoms with Gasteiger partial charge < -0.3 is 19.1 Å². The summed E-state index contributed by atoms with van der Waals surface area (Å²) in [7, 11) is 0. The van der Waals surface area contributed by atoms with Crippen molar-refractivity contribution in [3.8, 4) is 11.1 Å². The van der Waals surface area contributed by atoms with Crippen molar-refractivity contribution in [3.05, 3.63) is 46.8 Å². The van der Waals surface area contributed by atoms with Crippen LogP contribution in [0.15, 0.2) is 24.3 Å². The van der Waals surface area contributed by atoms with Crippen molar-refractivity contribution < 1.29 is 19.0 Å². The first-order valence-electron chi connectivity index (χ1n) is 14.3. The molecule has 0 bridgehead atoms. The second kappa shape index (κ2) is 12.0. The molecule has 1 atom stereocenters. The summed E-state index contributed by atoms with van der Waals surface area (Å²) in [6.07, 6.45) is 1.26. The van der Waals surface area contributed by atoms with E-state index in [1.807, 2.05) is 34.6 Å². The molecule has 1 saturated heterocycles. The van der Waals surface area contributed by atoms with E-state index in [9.17, 15) is 4.79 Å². The van der Waals surface area contributed by atoms with Crippen LogP contribution < -0.4 is 4.90 Å². The number of ether oxygens (including phenoxy) is 3. The molecule has 1 aliphatic rings. The SMILES string of the molecule is CCOC(=O)[C@@H](OC(C)(C)C)c1c(C)nc(C)c(-c2ccc(COC(C)(C)C)cc2)c1N1CCC(C)(C)CC1. The molecule has 2 aromatic rings. The summed E-state index contributed by atoms with van der Waals surface area (Å²) in [5, 5.41) is 0. The molecule has 0 radical (unpaired) electrons. The number of piperidine rings is 1. The number of hydrogen-bond acceptors (Lipinski definition) is 6. The highest BCUT2D eigenvalue weighted by Gasteiger charge is 2.37. The van der Waals surface area contributed by atoms with Crippen LogP contribution in [-0.4, -0.2) is 41.9 Å². The van der Waals surface area contributed by atoms with Gasteiger partial charge in [-0.15, -0.1) is 0 Å². The van der Waals surface area contributed by atoms with Crippen LogP contribution in [-0.2, 0) is 25.6 Å². The molecule has 2 heterocycles. The smallest absolute Gasteiger partial charge is 0.340 e. The summed E-state index contributed by atoms with van der Waals surface area (Å²) in [6, 6.07) is 8.53. The highest BCUT2D eigenvalue weighted by Crippen LogP contribution is 2.45. The number of esters is 1.